The molecule has 0 heterocycles. The van der Waals surface area contributed by atoms with E-state index in [-0.39, 0.29) is 0 Å². The highest BCUT2D eigenvalue weighted by molar-refractivity contribution is 8.75. The van der Waals surface area contributed by atoms with Crippen LogP contribution in [0.1, 0.15) is 26.2 Å². The molecule has 0 fully saturated rings. The SMILES string of the molecule is CCCCCSSN. The molecule has 0 amide bonds. The van der Waals surface area contributed by atoms with Gasteiger partial charge in [0.25, 0.3) is 0 Å². The predicted octanol–water partition coefficient (Wildman–Crippen LogP) is 2.43. The molecule has 0 saturated carbocycles. The molecule has 1 nitrogen and oxygen atoms in total. The standard InChI is InChI=1S/C5H13NS2/c1-2-3-4-5-7-8-6/h2-6H2,1H3. The molecule has 0 atom stereocenters. The van der Waals surface area contributed by atoms with Gasteiger partial charge >= 0.3 is 0 Å². The molecule has 0 unspecified atom stereocenters. The first-order valence-electron chi connectivity index (χ1n) is 2.90. The third-order valence-electron chi connectivity index (χ3n) is 0.899. The fourth-order valence-electron chi connectivity index (χ4n) is 0.459. The Kier molecular flexibility index (Phi) is 8.29. The lowest BCUT2D eigenvalue weighted by atomic mass is 10.3. The third-order valence-corrected chi connectivity index (χ3v) is 2.40. The van der Waals surface area contributed by atoms with Crippen molar-refractivity contribution in [1.82, 2.24) is 0 Å². The summed E-state index contributed by atoms with van der Waals surface area (Å²) >= 11 is 0. The number of hydrogen-bond donors (Lipinski definition) is 1. The summed E-state index contributed by atoms with van der Waals surface area (Å²) in [4.78, 5) is 0. The average Bonchev–Trinajstić information content (AvgIpc) is 1.81. The second-order valence-corrected chi connectivity index (χ2v) is 3.75. The van der Waals surface area contributed by atoms with Crippen LogP contribution >= 0.6 is 21.8 Å². The van der Waals surface area contributed by atoms with Gasteiger partial charge in [-0.1, -0.05) is 30.6 Å². The number of hydrogen-bond acceptors (Lipinski definition) is 3. The molecule has 0 aromatic heterocycles. The van der Waals surface area contributed by atoms with Gasteiger partial charge in [-0.3, -0.25) is 5.14 Å². The molecular formula is C5H13NS2. The van der Waals surface area contributed by atoms with Gasteiger partial charge < -0.3 is 0 Å². The Morgan fingerprint density at radius 3 is 2.62 bits per heavy atom. The van der Waals surface area contributed by atoms with Gasteiger partial charge in [0.1, 0.15) is 0 Å². The van der Waals surface area contributed by atoms with Gasteiger partial charge in [-0.2, -0.15) is 0 Å². The molecule has 2 N–H and O–H groups in total. The lowest BCUT2D eigenvalue weighted by Gasteiger charge is -1.93. The van der Waals surface area contributed by atoms with Gasteiger partial charge in [0.05, 0.1) is 0 Å². The molecule has 0 saturated heterocycles. The van der Waals surface area contributed by atoms with Gasteiger partial charge in [0, 0.05) is 5.75 Å². The third kappa shape index (κ3) is 6.66. The predicted molar refractivity (Wildman–Crippen MR) is 43.8 cm³/mol. The summed E-state index contributed by atoms with van der Waals surface area (Å²) in [6, 6.07) is 0. The molecule has 0 aromatic carbocycles. The van der Waals surface area contributed by atoms with E-state index in [0.717, 1.165) is 0 Å². The van der Waals surface area contributed by atoms with Crippen molar-refractivity contribution in [3.05, 3.63) is 0 Å². The Bertz CT molecular complexity index is 35.4. The minimum atomic E-state index is 1.20. The smallest absolute Gasteiger partial charge is 0.00493 e. The highest BCUT2D eigenvalue weighted by Crippen LogP contribution is 2.15. The molecule has 0 aromatic rings. The second kappa shape index (κ2) is 7.66. The van der Waals surface area contributed by atoms with E-state index in [1.54, 1.807) is 10.8 Å². The molecule has 0 spiro atoms. The van der Waals surface area contributed by atoms with Crippen LogP contribution in [-0.4, -0.2) is 5.75 Å². The molecular weight excluding hydrogens is 138 g/mol. The molecule has 50 valence electrons. The second-order valence-electron chi connectivity index (χ2n) is 1.63. The largest absolute Gasteiger partial charge is 0.268 e. The summed E-state index contributed by atoms with van der Waals surface area (Å²) in [7, 11) is 3.11. The normalized spacial score (nSPS) is 9.75. The van der Waals surface area contributed by atoms with E-state index in [4.69, 9.17) is 5.14 Å². The maximum Gasteiger partial charge on any atom is 0.00493 e. The molecule has 0 aliphatic rings. The first-order chi connectivity index (χ1) is 3.91. The molecule has 0 rings (SSSR count). The minimum Gasteiger partial charge on any atom is -0.268 e. The summed E-state index contributed by atoms with van der Waals surface area (Å²) in [5.41, 5.74) is 0. The molecule has 8 heavy (non-hydrogen) atoms. The first-order valence-corrected chi connectivity index (χ1v) is 5.28. The van der Waals surface area contributed by atoms with Crippen LogP contribution < -0.4 is 5.14 Å². The van der Waals surface area contributed by atoms with E-state index in [1.807, 2.05) is 0 Å². The fraction of sp³-hybridized carbons (Fsp3) is 1.00. The van der Waals surface area contributed by atoms with Crippen molar-refractivity contribution in [2.24, 2.45) is 5.14 Å². The number of rotatable bonds is 5. The molecule has 0 aliphatic heterocycles. The Balaban J connectivity index is 2.53. The number of unbranched alkanes of at least 4 members (excludes halogenated alkanes) is 2. The van der Waals surface area contributed by atoms with E-state index in [1.165, 1.54) is 36.0 Å². The zero-order valence-electron chi connectivity index (χ0n) is 5.22. The maximum atomic E-state index is 5.19. The van der Waals surface area contributed by atoms with Crippen LogP contribution in [0.4, 0.5) is 0 Å². The van der Waals surface area contributed by atoms with Crippen molar-refractivity contribution in [3.8, 4) is 0 Å². The highest BCUT2D eigenvalue weighted by atomic mass is 33.1. The van der Waals surface area contributed by atoms with E-state index in [2.05, 4.69) is 6.92 Å². The zero-order chi connectivity index (χ0) is 6.24. The van der Waals surface area contributed by atoms with Gasteiger partial charge in [-0.25, -0.2) is 0 Å². The molecule has 3 heteroatoms. The minimum absolute atomic E-state index is 1.20. The van der Waals surface area contributed by atoms with Crippen molar-refractivity contribution in [2.75, 3.05) is 5.75 Å². The van der Waals surface area contributed by atoms with E-state index in [0.29, 0.717) is 0 Å². The van der Waals surface area contributed by atoms with E-state index < -0.39 is 0 Å². The maximum absolute atomic E-state index is 5.19. The molecule has 0 bridgehead atoms. The van der Waals surface area contributed by atoms with Crippen molar-refractivity contribution in [1.29, 1.82) is 0 Å². The topological polar surface area (TPSA) is 26.0 Å². The van der Waals surface area contributed by atoms with Crippen molar-refractivity contribution >= 4 is 21.8 Å². The Morgan fingerprint density at radius 2 is 2.12 bits per heavy atom. The van der Waals surface area contributed by atoms with Gasteiger partial charge in [-0.05, 0) is 17.4 Å². The monoisotopic (exact) mass is 151 g/mol. The first kappa shape index (κ1) is 8.66. The van der Waals surface area contributed by atoms with Crippen LogP contribution in [0.2, 0.25) is 0 Å². The lowest BCUT2D eigenvalue weighted by Crippen LogP contribution is -1.78. The average molecular weight is 151 g/mol. The summed E-state index contributed by atoms with van der Waals surface area (Å²) in [5.74, 6) is 1.20. The van der Waals surface area contributed by atoms with Crippen molar-refractivity contribution in [3.63, 3.8) is 0 Å². The number of nitrogens with two attached hydrogens (primary N) is 1. The van der Waals surface area contributed by atoms with Crippen LogP contribution in [0, 0.1) is 0 Å². The van der Waals surface area contributed by atoms with Crippen LogP contribution in [0.25, 0.3) is 0 Å². The lowest BCUT2D eigenvalue weighted by molar-refractivity contribution is 0.780. The molecule has 0 aliphatic carbocycles. The van der Waals surface area contributed by atoms with Crippen LogP contribution in [0.3, 0.4) is 0 Å². The van der Waals surface area contributed by atoms with Crippen molar-refractivity contribution < 1.29 is 0 Å². The summed E-state index contributed by atoms with van der Waals surface area (Å²) in [6.45, 7) is 2.21. The van der Waals surface area contributed by atoms with Crippen LogP contribution in [0.15, 0.2) is 0 Å². The van der Waals surface area contributed by atoms with Gasteiger partial charge in [0.15, 0.2) is 0 Å². The van der Waals surface area contributed by atoms with Gasteiger partial charge in [-0.15, -0.1) is 0 Å². The fourth-order valence-corrected chi connectivity index (χ4v) is 1.52. The zero-order valence-corrected chi connectivity index (χ0v) is 6.86. The summed E-state index contributed by atoms with van der Waals surface area (Å²) < 4.78 is 0. The summed E-state index contributed by atoms with van der Waals surface area (Å²) in [5, 5.41) is 5.19. The van der Waals surface area contributed by atoms with Crippen LogP contribution in [0.5, 0.6) is 0 Å². The van der Waals surface area contributed by atoms with E-state index in [9.17, 15) is 0 Å². The Morgan fingerprint density at radius 1 is 1.38 bits per heavy atom. The van der Waals surface area contributed by atoms with Crippen LogP contribution in [-0.2, 0) is 0 Å². The van der Waals surface area contributed by atoms with Gasteiger partial charge in [0.2, 0.25) is 0 Å². The highest BCUT2D eigenvalue weighted by Gasteiger charge is 1.84. The molecule has 0 radical (unpaired) electrons. The van der Waals surface area contributed by atoms with E-state index >= 15 is 0 Å². The van der Waals surface area contributed by atoms with Crippen molar-refractivity contribution in [2.45, 2.75) is 26.2 Å². The Labute approximate surface area is 59.3 Å². The summed E-state index contributed by atoms with van der Waals surface area (Å²) in [6.07, 6.45) is 3.95. The quantitative estimate of drug-likeness (QED) is 0.371. The Hall–Kier alpha value is 0.660.